The lowest BCUT2D eigenvalue weighted by atomic mass is 9.92. The van der Waals surface area contributed by atoms with Crippen molar-refractivity contribution in [2.24, 2.45) is 0 Å². The third-order valence-electron chi connectivity index (χ3n) is 5.35. The molecule has 2 aliphatic heterocycles. The molecule has 3 aromatic carbocycles. The topological polar surface area (TPSA) is 40.6 Å². The predicted octanol–water partition coefficient (Wildman–Crippen LogP) is 4.24. The van der Waals surface area contributed by atoms with E-state index in [2.05, 4.69) is 4.90 Å². The highest BCUT2D eigenvalue weighted by atomic mass is 16.2. The molecular weight excluding hydrogens is 324 g/mol. The molecule has 26 heavy (non-hydrogen) atoms. The maximum atomic E-state index is 13.1. The molecule has 4 nitrogen and oxygen atoms in total. The van der Waals surface area contributed by atoms with Crippen molar-refractivity contribution in [2.45, 2.75) is 12.8 Å². The monoisotopic (exact) mass is 342 g/mol. The van der Waals surface area contributed by atoms with Crippen LogP contribution in [-0.2, 0) is 0 Å². The summed E-state index contributed by atoms with van der Waals surface area (Å²) in [7, 11) is 0. The molecule has 0 bridgehead atoms. The van der Waals surface area contributed by atoms with Crippen LogP contribution in [0.4, 0.5) is 11.4 Å². The zero-order valence-electron chi connectivity index (χ0n) is 14.3. The first-order chi connectivity index (χ1) is 12.8. The minimum absolute atomic E-state index is 0.252. The van der Waals surface area contributed by atoms with E-state index in [0.717, 1.165) is 29.5 Å². The van der Waals surface area contributed by atoms with Gasteiger partial charge in [0.25, 0.3) is 11.8 Å². The van der Waals surface area contributed by atoms with Gasteiger partial charge in [0.15, 0.2) is 0 Å². The first-order valence-electron chi connectivity index (χ1n) is 9.00. The summed E-state index contributed by atoms with van der Waals surface area (Å²) in [6, 6.07) is 18.8. The van der Waals surface area contributed by atoms with E-state index in [1.54, 1.807) is 12.1 Å². The SMILES string of the molecule is O=C1c2cccc3c(N4CCCC4)ccc(c23)C(=O)N1c1ccccc1. The van der Waals surface area contributed by atoms with Crippen LogP contribution in [-0.4, -0.2) is 24.9 Å². The fourth-order valence-electron chi connectivity index (χ4n) is 4.13. The minimum atomic E-state index is -0.252. The molecule has 2 amide bonds. The molecule has 5 rings (SSSR count). The summed E-state index contributed by atoms with van der Waals surface area (Å²) in [5.74, 6) is -0.504. The van der Waals surface area contributed by atoms with Crippen molar-refractivity contribution in [2.75, 3.05) is 22.9 Å². The fraction of sp³-hybridized carbons (Fsp3) is 0.182. The molecule has 4 heteroatoms. The van der Waals surface area contributed by atoms with Crippen molar-refractivity contribution in [1.29, 1.82) is 0 Å². The summed E-state index contributed by atoms with van der Waals surface area (Å²) in [5.41, 5.74) is 2.93. The number of carbonyl (C=O) groups excluding carboxylic acids is 2. The van der Waals surface area contributed by atoms with E-state index in [1.807, 2.05) is 48.5 Å². The standard InChI is InChI=1S/C22H18N2O2/c25-21-17-10-6-9-16-19(23-13-4-5-14-23)12-11-18(20(16)17)22(26)24(21)15-7-2-1-3-8-15/h1-3,6-12H,4-5,13-14H2. The van der Waals surface area contributed by atoms with E-state index < -0.39 is 0 Å². The number of para-hydroxylation sites is 1. The van der Waals surface area contributed by atoms with Crippen LogP contribution in [0, 0.1) is 0 Å². The summed E-state index contributed by atoms with van der Waals surface area (Å²) in [6.45, 7) is 2.05. The normalized spacial score (nSPS) is 16.6. The Hall–Kier alpha value is -3.14. The Morgan fingerprint density at radius 1 is 0.692 bits per heavy atom. The summed E-state index contributed by atoms with van der Waals surface area (Å²) in [5, 5.41) is 1.79. The number of nitrogens with zero attached hydrogens (tertiary/aromatic N) is 2. The predicted molar refractivity (Wildman–Crippen MR) is 103 cm³/mol. The molecule has 2 aliphatic rings. The minimum Gasteiger partial charge on any atom is -0.371 e. The molecule has 0 aliphatic carbocycles. The second-order valence-electron chi connectivity index (χ2n) is 6.84. The summed E-state index contributed by atoms with van der Waals surface area (Å²) in [4.78, 5) is 29.9. The lowest BCUT2D eigenvalue weighted by Crippen LogP contribution is -2.40. The van der Waals surface area contributed by atoms with Crippen LogP contribution < -0.4 is 9.80 Å². The van der Waals surface area contributed by atoms with Gasteiger partial charge in [-0.15, -0.1) is 0 Å². The van der Waals surface area contributed by atoms with Gasteiger partial charge in [-0.05, 0) is 43.2 Å². The Balaban J connectivity index is 1.73. The molecule has 2 heterocycles. The first-order valence-corrected chi connectivity index (χ1v) is 9.00. The van der Waals surface area contributed by atoms with Crippen molar-refractivity contribution >= 4 is 34.0 Å². The second kappa shape index (κ2) is 5.70. The van der Waals surface area contributed by atoms with Gasteiger partial charge < -0.3 is 4.90 Å². The Bertz CT molecular complexity index is 1010. The molecule has 0 aromatic heterocycles. The van der Waals surface area contributed by atoms with Crippen molar-refractivity contribution in [1.82, 2.24) is 0 Å². The van der Waals surface area contributed by atoms with Gasteiger partial charge in [-0.3, -0.25) is 9.59 Å². The van der Waals surface area contributed by atoms with Gasteiger partial charge in [-0.25, -0.2) is 4.90 Å². The number of carbonyl (C=O) groups is 2. The van der Waals surface area contributed by atoms with Gasteiger partial charge in [-0.1, -0.05) is 30.3 Å². The summed E-state index contributed by atoms with van der Waals surface area (Å²) < 4.78 is 0. The van der Waals surface area contributed by atoms with Gasteiger partial charge in [0, 0.05) is 40.7 Å². The maximum absolute atomic E-state index is 13.1. The highest BCUT2D eigenvalue weighted by Crippen LogP contribution is 2.38. The van der Waals surface area contributed by atoms with Crippen LogP contribution >= 0.6 is 0 Å². The second-order valence-corrected chi connectivity index (χ2v) is 6.84. The van der Waals surface area contributed by atoms with Crippen LogP contribution in [0.1, 0.15) is 33.6 Å². The van der Waals surface area contributed by atoms with E-state index in [9.17, 15) is 9.59 Å². The fourth-order valence-corrected chi connectivity index (χ4v) is 4.13. The van der Waals surface area contributed by atoms with Crippen LogP contribution in [0.2, 0.25) is 0 Å². The van der Waals surface area contributed by atoms with Crippen molar-refractivity contribution in [3.8, 4) is 0 Å². The lowest BCUT2D eigenvalue weighted by molar-refractivity contribution is 0.0893. The number of hydrogen-bond donors (Lipinski definition) is 0. The first kappa shape index (κ1) is 15.1. The zero-order chi connectivity index (χ0) is 17.7. The van der Waals surface area contributed by atoms with E-state index in [-0.39, 0.29) is 11.8 Å². The molecular formula is C22H18N2O2. The highest BCUT2D eigenvalue weighted by molar-refractivity contribution is 6.36. The van der Waals surface area contributed by atoms with Crippen LogP contribution in [0.5, 0.6) is 0 Å². The molecule has 0 N–H and O–H groups in total. The van der Waals surface area contributed by atoms with E-state index in [4.69, 9.17) is 0 Å². The third kappa shape index (κ3) is 2.08. The molecule has 3 aromatic rings. The largest absolute Gasteiger partial charge is 0.371 e. The van der Waals surface area contributed by atoms with Gasteiger partial charge in [0.2, 0.25) is 0 Å². The number of imide groups is 1. The third-order valence-corrected chi connectivity index (χ3v) is 5.35. The highest BCUT2D eigenvalue weighted by Gasteiger charge is 2.34. The van der Waals surface area contributed by atoms with Crippen LogP contribution in [0.25, 0.3) is 10.8 Å². The molecule has 0 unspecified atom stereocenters. The van der Waals surface area contributed by atoms with Gasteiger partial charge in [-0.2, -0.15) is 0 Å². The molecule has 0 saturated carbocycles. The number of anilines is 2. The Morgan fingerprint density at radius 2 is 1.38 bits per heavy atom. The van der Waals surface area contributed by atoms with Crippen molar-refractivity contribution in [3.63, 3.8) is 0 Å². The quantitative estimate of drug-likeness (QED) is 0.654. The average Bonchev–Trinajstić information content (AvgIpc) is 3.21. The molecule has 1 saturated heterocycles. The molecule has 0 spiro atoms. The maximum Gasteiger partial charge on any atom is 0.265 e. The van der Waals surface area contributed by atoms with Gasteiger partial charge >= 0.3 is 0 Å². The van der Waals surface area contributed by atoms with E-state index in [1.165, 1.54) is 17.7 Å². The smallest absolute Gasteiger partial charge is 0.265 e. The number of benzene rings is 3. The van der Waals surface area contributed by atoms with Gasteiger partial charge in [0.05, 0.1) is 5.69 Å². The Morgan fingerprint density at radius 3 is 2.12 bits per heavy atom. The molecule has 0 atom stereocenters. The van der Waals surface area contributed by atoms with E-state index >= 15 is 0 Å². The summed E-state index contributed by atoms with van der Waals surface area (Å²) >= 11 is 0. The molecule has 0 radical (unpaired) electrons. The summed E-state index contributed by atoms with van der Waals surface area (Å²) in [6.07, 6.45) is 2.37. The van der Waals surface area contributed by atoms with Crippen LogP contribution in [0.3, 0.4) is 0 Å². The van der Waals surface area contributed by atoms with Gasteiger partial charge in [0.1, 0.15) is 0 Å². The van der Waals surface area contributed by atoms with Crippen molar-refractivity contribution in [3.05, 3.63) is 71.8 Å². The lowest BCUT2D eigenvalue weighted by Gasteiger charge is -2.29. The number of rotatable bonds is 2. The van der Waals surface area contributed by atoms with Crippen LogP contribution in [0.15, 0.2) is 60.7 Å². The van der Waals surface area contributed by atoms with E-state index in [0.29, 0.717) is 16.8 Å². The Labute approximate surface area is 151 Å². The number of hydrogen-bond acceptors (Lipinski definition) is 3. The average molecular weight is 342 g/mol. The Kier molecular flexibility index (Phi) is 3.32. The number of amides is 2. The zero-order valence-corrected chi connectivity index (χ0v) is 14.3. The van der Waals surface area contributed by atoms with Crippen molar-refractivity contribution < 1.29 is 9.59 Å². The molecule has 1 fully saturated rings. The molecule has 128 valence electrons.